The normalized spacial score (nSPS) is 11.0. The summed E-state index contributed by atoms with van der Waals surface area (Å²) in [5, 5.41) is 0. The second kappa shape index (κ2) is 9.73. The Morgan fingerprint density at radius 3 is 2.63 bits per heavy atom. The predicted octanol–water partition coefficient (Wildman–Crippen LogP) is 3.56. The average Bonchev–Trinajstić information content (AvgIpc) is 2.73. The summed E-state index contributed by atoms with van der Waals surface area (Å²) in [5.74, 6) is 0.739. The second-order valence-electron chi connectivity index (χ2n) is 6.48. The van der Waals surface area contributed by atoms with E-state index in [2.05, 4.69) is 4.98 Å². The number of carbonyl (C=O) groups excluding carboxylic acids is 1. The predicted molar refractivity (Wildman–Crippen MR) is 114 cm³/mol. The summed E-state index contributed by atoms with van der Waals surface area (Å²) in [6.45, 7) is 6.62. The van der Waals surface area contributed by atoms with E-state index in [1.54, 1.807) is 30.5 Å². The first-order valence-corrected chi connectivity index (χ1v) is 9.74. The Morgan fingerprint density at radius 1 is 1.10 bits per heavy atom. The van der Waals surface area contributed by atoms with Gasteiger partial charge in [0, 0.05) is 18.3 Å². The maximum absolute atomic E-state index is 12.2. The van der Waals surface area contributed by atoms with Crippen LogP contribution in [0.2, 0.25) is 0 Å². The molecule has 0 radical (unpaired) electrons. The van der Waals surface area contributed by atoms with E-state index in [1.807, 2.05) is 32.9 Å². The van der Waals surface area contributed by atoms with Gasteiger partial charge in [-0.3, -0.25) is 9.20 Å². The highest BCUT2D eigenvalue weighted by atomic mass is 16.5. The first kappa shape index (κ1) is 21.1. The lowest BCUT2D eigenvalue weighted by Gasteiger charge is -2.11. The van der Waals surface area contributed by atoms with Gasteiger partial charge in [0.2, 0.25) is 0 Å². The summed E-state index contributed by atoms with van der Waals surface area (Å²) in [7, 11) is 0. The SMILES string of the molecule is CCOc1ccc(/C=C/C(=O)OCc2cc(=O)n3cccc(C)c3n2)cc1OCC. The molecule has 2 heterocycles. The van der Waals surface area contributed by atoms with E-state index in [-0.39, 0.29) is 12.2 Å². The van der Waals surface area contributed by atoms with Crippen LogP contribution >= 0.6 is 0 Å². The van der Waals surface area contributed by atoms with E-state index in [9.17, 15) is 9.59 Å². The van der Waals surface area contributed by atoms with Crippen LogP contribution in [0.3, 0.4) is 0 Å². The number of hydrogen-bond acceptors (Lipinski definition) is 6. The van der Waals surface area contributed by atoms with E-state index in [1.165, 1.54) is 16.5 Å². The number of hydrogen-bond donors (Lipinski definition) is 0. The van der Waals surface area contributed by atoms with Crippen LogP contribution in [0, 0.1) is 6.92 Å². The molecule has 7 heteroatoms. The van der Waals surface area contributed by atoms with Crippen molar-refractivity contribution in [3.8, 4) is 11.5 Å². The molecule has 3 aromatic rings. The van der Waals surface area contributed by atoms with Crippen LogP contribution in [0.4, 0.5) is 0 Å². The van der Waals surface area contributed by atoms with Gasteiger partial charge in [0.05, 0.1) is 18.9 Å². The van der Waals surface area contributed by atoms with Crippen LogP contribution in [0.5, 0.6) is 11.5 Å². The lowest BCUT2D eigenvalue weighted by Crippen LogP contribution is -2.17. The Labute approximate surface area is 174 Å². The molecule has 0 N–H and O–H groups in total. The van der Waals surface area contributed by atoms with Crippen LogP contribution < -0.4 is 15.0 Å². The van der Waals surface area contributed by atoms with Crippen molar-refractivity contribution in [2.24, 2.45) is 0 Å². The monoisotopic (exact) mass is 408 g/mol. The number of aryl methyl sites for hydroxylation is 1. The van der Waals surface area contributed by atoms with E-state index in [0.717, 1.165) is 11.1 Å². The molecule has 0 aliphatic rings. The molecule has 0 spiro atoms. The molecular formula is C23H24N2O5. The van der Waals surface area contributed by atoms with Gasteiger partial charge < -0.3 is 14.2 Å². The number of nitrogens with zero attached hydrogens (tertiary/aromatic N) is 2. The smallest absolute Gasteiger partial charge is 0.331 e. The zero-order valence-corrected chi connectivity index (χ0v) is 17.3. The molecule has 0 saturated heterocycles. The van der Waals surface area contributed by atoms with Crippen molar-refractivity contribution in [3.63, 3.8) is 0 Å². The van der Waals surface area contributed by atoms with Crippen LogP contribution in [-0.4, -0.2) is 28.6 Å². The third kappa shape index (κ3) is 5.05. The molecule has 2 aromatic heterocycles. The number of pyridine rings is 1. The number of aromatic nitrogens is 2. The quantitative estimate of drug-likeness (QED) is 0.419. The van der Waals surface area contributed by atoms with Crippen molar-refractivity contribution in [3.05, 3.63) is 75.8 Å². The van der Waals surface area contributed by atoms with Crippen molar-refractivity contribution >= 4 is 17.7 Å². The third-order valence-electron chi connectivity index (χ3n) is 4.28. The van der Waals surface area contributed by atoms with E-state index >= 15 is 0 Å². The van der Waals surface area contributed by atoms with Gasteiger partial charge in [-0.05, 0) is 56.2 Å². The fourth-order valence-electron chi connectivity index (χ4n) is 2.91. The van der Waals surface area contributed by atoms with E-state index in [4.69, 9.17) is 14.2 Å². The van der Waals surface area contributed by atoms with Crippen LogP contribution in [0.15, 0.2) is 53.5 Å². The van der Waals surface area contributed by atoms with Gasteiger partial charge in [-0.1, -0.05) is 12.1 Å². The van der Waals surface area contributed by atoms with Crippen molar-refractivity contribution in [2.75, 3.05) is 13.2 Å². The Balaban J connectivity index is 1.68. The molecule has 0 aliphatic heterocycles. The Morgan fingerprint density at radius 2 is 1.87 bits per heavy atom. The summed E-state index contributed by atoms with van der Waals surface area (Å²) < 4.78 is 17.8. The maximum atomic E-state index is 12.2. The fraction of sp³-hybridized carbons (Fsp3) is 0.261. The second-order valence-corrected chi connectivity index (χ2v) is 6.48. The van der Waals surface area contributed by atoms with Crippen LogP contribution in [0.25, 0.3) is 11.7 Å². The summed E-state index contributed by atoms with van der Waals surface area (Å²) in [6, 6.07) is 10.4. The maximum Gasteiger partial charge on any atom is 0.331 e. The number of carbonyl (C=O) groups is 1. The standard InChI is InChI=1S/C23H24N2O5/c1-4-28-19-10-8-17(13-20(19)29-5-2)9-11-22(27)30-15-18-14-21(26)25-12-6-7-16(3)23(25)24-18/h6-14H,4-5,15H2,1-3H3/b11-9+. The Kier molecular flexibility index (Phi) is 6.85. The van der Waals surface area contributed by atoms with Gasteiger partial charge in [-0.15, -0.1) is 0 Å². The first-order chi connectivity index (χ1) is 14.5. The zero-order chi connectivity index (χ0) is 21.5. The van der Waals surface area contributed by atoms with E-state index < -0.39 is 5.97 Å². The highest BCUT2D eigenvalue weighted by Gasteiger charge is 2.08. The highest BCUT2D eigenvalue weighted by Crippen LogP contribution is 2.29. The first-order valence-electron chi connectivity index (χ1n) is 9.74. The summed E-state index contributed by atoms with van der Waals surface area (Å²) in [6.07, 6.45) is 4.61. The van der Waals surface area contributed by atoms with E-state index in [0.29, 0.717) is 36.1 Å². The third-order valence-corrected chi connectivity index (χ3v) is 4.28. The molecule has 0 fully saturated rings. The lowest BCUT2D eigenvalue weighted by atomic mass is 10.2. The molecule has 0 atom stereocenters. The number of rotatable bonds is 8. The number of ether oxygens (including phenoxy) is 3. The molecule has 0 saturated carbocycles. The summed E-state index contributed by atoms with van der Waals surface area (Å²) in [5.41, 5.74) is 2.36. The molecule has 0 amide bonds. The molecular weight excluding hydrogens is 384 g/mol. The highest BCUT2D eigenvalue weighted by molar-refractivity contribution is 5.87. The Bertz CT molecular complexity index is 1130. The van der Waals surface area contributed by atoms with Gasteiger partial charge in [0.25, 0.3) is 5.56 Å². The van der Waals surface area contributed by atoms with Crippen molar-refractivity contribution < 1.29 is 19.0 Å². The average molecular weight is 408 g/mol. The van der Waals surface area contributed by atoms with Gasteiger partial charge >= 0.3 is 5.97 Å². The fourth-order valence-corrected chi connectivity index (χ4v) is 2.91. The van der Waals surface area contributed by atoms with Crippen LogP contribution in [0.1, 0.15) is 30.7 Å². The molecule has 0 unspecified atom stereocenters. The minimum absolute atomic E-state index is 0.0866. The molecule has 1 aromatic carbocycles. The van der Waals surface area contributed by atoms with Gasteiger partial charge in [-0.25, -0.2) is 9.78 Å². The molecule has 3 rings (SSSR count). The molecule has 0 aliphatic carbocycles. The van der Waals surface area contributed by atoms with Crippen molar-refractivity contribution in [1.82, 2.24) is 9.38 Å². The van der Waals surface area contributed by atoms with Crippen molar-refractivity contribution in [2.45, 2.75) is 27.4 Å². The summed E-state index contributed by atoms with van der Waals surface area (Å²) >= 11 is 0. The minimum atomic E-state index is -0.534. The van der Waals surface area contributed by atoms with Gasteiger partial charge in [0.15, 0.2) is 11.5 Å². The molecule has 156 valence electrons. The zero-order valence-electron chi connectivity index (χ0n) is 17.3. The minimum Gasteiger partial charge on any atom is -0.490 e. The molecule has 7 nitrogen and oxygen atoms in total. The van der Waals surface area contributed by atoms with Gasteiger partial charge in [0.1, 0.15) is 12.3 Å². The largest absolute Gasteiger partial charge is 0.490 e. The molecule has 0 bridgehead atoms. The number of benzene rings is 1. The molecule has 30 heavy (non-hydrogen) atoms. The number of esters is 1. The Hall–Kier alpha value is -3.61. The topological polar surface area (TPSA) is 79.1 Å². The van der Waals surface area contributed by atoms with Crippen molar-refractivity contribution in [1.29, 1.82) is 0 Å². The van der Waals surface area contributed by atoms with Crippen LogP contribution in [-0.2, 0) is 16.1 Å². The number of fused-ring (bicyclic) bond motifs is 1. The van der Waals surface area contributed by atoms with Gasteiger partial charge in [-0.2, -0.15) is 0 Å². The lowest BCUT2D eigenvalue weighted by molar-refractivity contribution is -0.139. The summed E-state index contributed by atoms with van der Waals surface area (Å²) in [4.78, 5) is 28.7.